The summed E-state index contributed by atoms with van der Waals surface area (Å²) in [7, 11) is -3.97. The van der Waals surface area contributed by atoms with Crippen LogP contribution in [0.5, 0.6) is 5.75 Å². The predicted octanol–water partition coefficient (Wildman–Crippen LogP) is 5.20. The minimum absolute atomic E-state index is 0.0333. The van der Waals surface area contributed by atoms with Crippen LogP contribution in [0.2, 0.25) is 10.0 Å². The predicted molar refractivity (Wildman–Crippen MR) is 120 cm³/mol. The van der Waals surface area contributed by atoms with E-state index in [4.69, 9.17) is 27.9 Å². The monoisotopic (exact) mass is 470 g/mol. The summed E-state index contributed by atoms with van der Waals surface area (Å²) in [6.45, 7) is 8.44. The van der Waals surface area contributed by atoms with Crippen LogP contribution >= 0.6 is 23.2 Å². The number of carbonyl (C=O) groups excluding carboxylic acids is 1. The summed E-state index contributed by atoms with van der Waals surface area (Å²) in [5, 5.41) is 0.323. The highest BCUT2D eigenvalue weighted by Crippen LogP contribution is 2.39. The minimum Gasteiger partial charge on any atom is -0.490 e. The number of ether oxygens (including phenoxy) is 1. The summed E-state index contributed by atoms with van der Waals surface area (Å²) >= 11 is 12.0. The van der Waals surface area contributed by atoms with E-state index in [1.165, 1.54) is 18.2 Å². The van der Waals surface area contributed by atoms with Crippen molar-refractivity contribution in [2.24, 2.45) is 11.3 Å². The minimum atomic E-state index is -3.97. The van der Waals surface area contributed by atoms with Gasteiger partial charge in [0.25, 0.3) is 10.0 Å². The van der Waals surface area contributed by atoms with Crippen molar-refractivity contribution < 1.29 is 17.9 Å². The van der Waals surface area contributed by atoms with E-state index >= 15 is 0 Å². The molecule has 3 rings (SSSR count). The Morgan fingerprint density at radius 1 is 1.17 bits per heavy atom. The van der Waals surface area contributed by atoms with Gasteiger partial charge in [-0.2, -0.15) is 0 Å². The van der Waals surface area contributed by atoms with Gasteiger partial charge < -0.3 is 9.64 Å². The Bertz CT molecular complexity index is 1080. The number of sulfonamides is 1. The van der Waals surface area contributed by atoms with Crippen LogP contribution in [0.4, 0.5) is 11.4 Å². The first kappa shape index (κ1) is 22.7. The number of nitrogens with one attached hydrogen (secondary N) is 1. The van der Waals surface area contributed by atoms with Crippen LogP contribution in [0, 0.1) is 11.3 Å². The second-order valence-electron chi connectivity index (χ2n) is 8.34. The zero-order valence-corrected chi connectivity index (χ0v) is 19.5. The molecule has 0 radical (unpaired) electrons. The Kier molecular flexibility index (Phi) is 6.28. The van der Waals surface area contributed by atoms with Crippen molar-refractivity contribution in [3.8, 4) is 5.75 Å². The molecule has 2 aromatic rings. The molecule has 1 N–H and O–H groups in total. The maximum absolute atomic E-state index is 13.0. The summed E-state index contributed by atoms with van der Waals surface area (Å²) in [4.78, 5) is 14.6. The lowest BCUT2D eigenvalue weighted by molar-refractivity contribution is -0.127. The van der Waals surface area contributed by atoms with Crippen molar-refractivity contribution in [3.63, 3.8) is 0 Å². The smallest absolute Gasteiger partial charge is 0.263 e. The van der Waals surface area contributed by atoms with Crippen LogP contribution in [0.3, 0.4) is 0 Å². The fourth-order valence-corrected chi connectivity index (χ4v) is 4.96. The Hall–Kier alpha value is -1.96. The first-order valence-electron chi connectivity index (χ1n) is 9.47. The van der Waals surface area contributed by atoms with Gasteiger partial charge >= 0.3 is 0 Å². The van der Waals surface area contributed by atoms with Gasteiger partial charge in [-0.05, 0) is 50.1 Å². The van der Waals surface area contributed by atoms with E-state index in [2.05, 4.69) is 4.72 Å². The SMILES string of the molecule is CC(C)CN1C(=O)C(C)(C)COc2cc(NS(=O)(=O)c3cc(Cl)ccc3Cl)ccc21. The molecule has 0 aromatic heterocycles. The molecule has 0 fully saturated rings. The van der Waals surface area contributed by atoms with Gasteiger partial charge in [0, 0.05) is 17.6 Å². The number of anilines is 2. The number of hydrogen-bond acceptors (Lipinski definition) is 4. The number of nitrogens with zero attached hydrogens (tertiary/aromatic N) is 1. The third-order valence-electron chi connectivity index (χ3n) is 4.65. The molecule has 0 saturated carbocycles. The largest absolute Gasteiger partial charge is 0.490 e. The molecule has 1 amide bonds. The highest BCUT2D eigenvalue weighted by Gasteiger charge is 2.38. The third kappa shape index (κ3) is 4.68. The highest BCUT2D eigenvalue weighted by molar-refractivity contribution is 7.92. The van der Waals surface area contributed by atoms with Gasteiger partial charge in [-0.3, -0.25) is 9.52 Å². The normalized spacial score (nSPS) is 16.1. The lowest BCUT2D eigenvalue weighted by Gasteiger charge is -2.29. The first-order chi connectivity index (χ1) is 13.9. The number of halogens is 2. The molecule has 2 aromatic carbocycles. The van der Waals surface area contributed by atoms with Crippen LogP contribution in [0.1, 0.15) is 27.7 Å². The van der Waals surface area contributed by atoms with E-state index < -0.39 is 15.4 Å². The molecular weight excluding hydrogens is 447 g/mol. The van der Waals surface area contributed by atoms with Crippen LogP contribution in [-0.2, 0) is 14.8 Å². The van der Waals surface area contributed by atoms with Gasteiger partial charge in [0.1, 0.15) is 17.3 Å². The zero-order valence-electron chi connectivity index (χ0n) is 17.2. The van der Waals surface area contributed by atoms with Crippen molar-refractivity contribution >= 4 is 50.5 Å². The summed E-state index contributed by atoms with van der Waals surface area (Å²) in [5.41, 5.74) is 0.200. The lowest BCUT2D eigenvalue weighted by atomic mass is 9.92. The molecule has 0 bridgehead atoms. The molecule has 9 heteroatoms. The maximum Gasteiger partial charge on any atom is 0.263 e. The molecule has 0 spiro atoms. The quantitative estimate of drug-likeness (QED) is 0.650. The second kappa shape index (κ2) is 8.29. The zero-order chi connectivity index (χ0) is 22.3. The molecule has 1 aliphatic rings. The summed E-state index contributed by atoms with van der Waals surface area (Å²) in [6.07, 6.45) is 0. The van der Waals surface area contributed by atoms with Gasteiger partial charge in [0.15, 0.2) is 0 Å². The Morgan fingerprint density at radius 3 is 2.53 bits per heavy atom. The van der Waals surface area contributed by atoms with Crippen LogP contribution in [-0.4, -0.2) is 27.5 Å². The molecular formula is C21H24Cl2N2O4S. The Morgan fingerprint density at radius 2 is 1.87 bits per heavy atom. The summed E-state index contributed by atoms with van der Waals surface area (Å²) in [5.74, 6) is 0.653. The Labute approximate surface area is 187 Å². The lowest BCUT2D eigenvalue weighted by Crippen LogP contribution is -2.43. The van der Waals surface area contributed by atoms with E-state index in [1.807, 2.05) is 27.7 Å². The van der Waals surface area contributed by atoms with Crippen molar-refractivity contribution in [2.75, 3.05) is 22.8 Å². The molecule has 6 nitrogen and oxygen atoms in total. The fourth-order valence-electron chi connectivity index (χ4n) is 3.15. The van der Waals surface area contributed by atoms with Crippen LogP contribution in [0.15, 0.2) is 41.3 Å². The van der Waals surface area contributed by atoms with Gasteiger partial charge in [-0.15, -0.1) is 0 Å². The number of benzene rings is 2. The van der Waals surface area contributed by atoms with E-state index in [1.54, 1.807) is 23.1 Å². The number of fused-ring (bicyclic) bond motifs is 1. The topological polar surface area (TPSA) is 75.7 Å². The number of carbonyl (C=O) groups is 1. The van der Waals surface area contributed by atoms with Gasteiger partial charge in [-0.1, -0.05) is 37.0 Å². The summed E-state index contributed by atoms with van der Waals surface area (Å²) < 4.78 is 34.0. The second-order valence-corrected chi connectivity index (χ2v) is 10.8. The van der Waals surface area contributed by atoms with Crippen molar-refractivity contribution in [3.05, 3.63) is 46.4 Å². The molecule has 0 unspecified atom stereocenters. The van der Waals surface area contributed by atoms with Crippen molar-refractivity contribution in [2.45, 2.75) is 32.6 Å². The van der Waals surface area contributed by atoms with Crippen molar-refractivity contribution in [1.29, 1.82) is 0 Å². The first-order valence-corrected chi connectivity index (χ1v) is 11.7. The van der Waals surface area contributed by atoms with E-state index in [9.17, 15) is 13.2 Å². The molecule has 1 heterocycles. The summed E-state index contributed by atoms with van der Waals surface area (Å²) in [6, 6.07) is 9.09. The molecule has 0 aliphatic carbocycles. The van der Waals surface area contributed by atoms with Gasteiger partial charge in [0.2, 0.25) is 5.91 Å². The number of hydrogen-bond donors (Lipinski definition) is 1. The van der Waals surface area contributed by atoms with E-state index in [0.717, 1.165) is 0 Å². The molecule has 0 saturated heterocycles. The van der Waals surface area contributed by atoms with Gasteiger partial charge in [-0.25, -0.2) is 8.42 Å². The molecule has 162 valence electrons. The molecule has 30 heavy (non-hydrogen) atoms. The number of amides is 1. The fraction of sp³-hybridized carbons (Fsp3) is 0.381. The average Bonchev–Trinajstić information content (AvgIpc) is 2.73. The highest BCUT2D eigenvalue weighted by atomic mass is 35.5. The van der Waals surface area contributed by atoms with E-state index in [0.29, 0.717) is 23.7 Å². The van der Waals surface area contributed by atoms with Crippen LogP contribution < -0.4 is 14.4 Å². The molecule has 0 atom stereocenters. The maximum atomic E-state index is 13.0. The Balaban J connectivity index is 1.98. The number of rotatable bonds is 5. The van der Waals surface area contributed by atoms with Gasteiger partial charge in [0.05, 0.1) is 21.8 Å². The third-order valence-corrected chi connectivity index (χ3v) is 6.74. The van der Waals surface area contributed by atoms with Crippen LogP contribution in [0.25, 0.3) is 0 Å². The average molecular weight is 471 g/mol. The standard InChI is InChI=1S/C21H24Cl2N2O4S/c1-13(2)11-25-17-8-6-15(10-18(17)29-12-21(3,4)20(25)26)24-30(27,28)19-9-14(22)5-7-16(19)23/h5-10,13,24H,11-12H2,1-4H3. The van der Waals surface area contributed by atoms with Crippen molar-refractivity contribution in [1.82, 2.24) is 0 Å². The van der Waals surface area contributed by atoms with E-state index in [-0.39, 0.29) is 33.4 Å². The molecule has 1 aliphatic heterocycles.